The van der Waals surface area contributed by atoms with Crippen LogP contribution in [-0.4, -0.2) is 0 Å². The first-order valence-electron chi connectivity index (χ1n) is 0. The van der Waals surface area contributed by atoms with Gasteiger partial charge in [0, 0.05) is 0 Å². The van der Waals surface area contributed by atoms with Crippen molar-refractivity contribution < 1.29 is 42.5 Å². The molecule has 29 valence electrons. The Balaban J connectivity index is 0. The van der Waals surface area contributed by atoms with Crippen molar-refractivity contribution in [2.75, 3.05) is 0 Å². The normalized spacial score (nSPS) is 0. The van der Waals surface area contributed by atoms with E-state index in [2.05, 4.69) is 0 Å². The molecule has 0 bridgehead atoms. The van der Waals surface area contributed by atoms with Crippen LogP contribution in [0.3, 0.4) is 0 Å². The largest absolute Gasteiger partial charge is 5.00 e. The van der Waals surface area contributed by atoms with E-state index >= 15 is 0 Å². The fraction of sp³-hybridized carbons (Fsp3) is 0. The van der Waals surface area contributed by atoms with Crippen LogP contribution in [-0.2, 0) is 42.5 Å². The summed E-state index contributed by atoms with van der Waals surface area (Å²) in [5, 5.41) is 0. The van der Waals surface area contributed by atoms with E-state index in [9.17, 15) is 0 Å². The Kier molecular flexibility index (Phi) is 1290. The van der Waals surface area contributed by atoms with Crippen molar-refractivity contribution in [1.29, 1.82) is 0 Å². The van der Waals surface area contributed by atoms with Crippen LogP contribution >= 0.6 is 0 Å². The Morgan fingerprint density at radius 3 is 0.600 bits per heavy atom. The Labute approximate surface area is 60.9 Å². The van der Waals surface area contributed by atoms with E-state index in [-0.39, 0.29) is 60.9 Å². The summed E-state index contributed by atoms with van der Waals surface area (Å²) >= 11 is 0. The van der Waals surface area contributed by atoms with Crippen LogP contribution in [0.4, 0.5) is 0 Å². The second-order valence-electron chi connectivity index (χ2n) is 0. The predicted octanol–water partition coefficient (Wildman–Crippen LogP) is 0.861. The van der Waals surface area contributed by atoms with Gasteiger partial charge in [-0.3, -0.25) is 0 Å². The van der Waals surface area contributed by atoms with Gasteiger partial charge in [0.2, 0.25) is 0 Å². The monoisotopic (exact) mass is 416 g/mol. The first kappa shape index (κ1) is 108. The Morgan fingerprint density at radius 2 is 0.600 bits per heavy atom. The number of hydrogen-bond acceptors (Lipinski definition) is 0. The van der Waals surface area contributed by atoms with Gasteiger partial charge in [0.05, 0.1) is 0 Å². The van der Waals surface area contributed by atoms with Gasteiger partial charge in [-0.1, -0.05) is 0 Å². The van der Waals surface area contributed by atoms with Crippen molar-refractivity contribution in [1.82, 2.24) is 0 Å². The molecule has 0 aliphatic heterocycles. The van der Waals surface area contributed by atoms with Crippen LogP contribution in [0, 0.1) is 0 Å². The Hall–Kier alpha value is 1.27. The van der Waals surface area contributed by atoms with E-state index in [1.54, 1.807) is 0 Å². The molecule has 0 spiro atoms. The van der Waals surface area contributed by atoms with E-state index in [0.29, 0.717) is 0 Å². The second kappa shape index (κ2) is 59.6. The van der Waals surface area contributed by atoms with Crippen molar-refractivity contribution in [3.05, 3.63) is 18.5 Å². The zero-order valence-corrected chi connectivity index (χ0v) is 7.73. The molecule has 0 heterocycles. The molecular formula is IrN3Ta. The fourth-order valence-electron chi connectivity index (χ4n) is 0. The molecule has 0 aromatic rings. The molecular weight excluding hydrogens is 415 g/mol. The predicted molar refractivity (Wildman–Crippen MR) is 10.1 cm³/mol. The van der Waals surface area contributed by atoms with Gasteiger partial charge in [0.1, 0.15) is 0 Å². The number of rotatable bonds is 0. The minimum atomic E-state index is 0. The fourth-order valence-corrected chi connectivity index (χ4v) is 0. The zero-order chi connectivity index (χ0) is 0. The maximum Gasteiger partial charge on any atom is 5.00 e. The maximum absolute atomic E-state index is 0. The molecule has 1 radical (unpaired) electrons. The smallest absolute Gasteiger partial charge is 3.00 e. The van der Waals surface area contributed by atoms with Crippen molar-refractivity contribution in [3.63, 3.8) is 0 Å². The molecule has 0 atom stereocenters. The third kappa shape index (κ3) is 34.9. The molecule has 0 aliphatic rings. The van der Waals surface area contributed by atoms with Gasteiger partial charge in [0.25, 0.3) is 0 Å². The summed E-state index contributed by atoms with van der Waals surface area (Å²) in [5.41, 5.74) is 0. The molecule has 0 saturated heterocycles. The average molecular weight is 415 g/mol. The molecule has 0 aromatic carbocycles. The van der Waals surface area contributed by atoms with Crippen molar-refractivity contribution in [2.45, 2.75) is 0 Å². The summed E-state index contributed by atoms with van der Waals surface area (Å²) in [4.78, 5) is 0. The molecule has 0 N–H and O–H groups in total. The van der Waals surface area contributed by atoms with Crippen LogP contribution in [0.2, 0.25) is 0 Å². The van der Waals surface area contributed by atoms with Gasteiger partial charge in [-0.15, -0.1) is 0 Å². The average Bonchev–Trinajstić information content (AvgIpc) is 0. The molecule has 0 fully saturated rings. The van der Waals surface area contributed by atoms with Gasteiger partial charge >= 0.3 is 42.5 Å². The van der Waals surface area contributed by atoms with E-state index in [1.165, 1.54) is 0 Å². The van der Waals surface area contributed by atoms with Crippen LogP contribution < -0.4 is 0 Å². The van der Waals surface area contributed by atoms with Crippen LogP contribution in [0.5, 0.6) is 0 Å². The maximum atomic E-state index is 0. The Bertz CT molecular complexity index is 6.85. The van der Waals surface area contributed by atoms with E-state index in [0.717, 1.165) is 0 Å². The van der Waals surface area contributed by atoms with Gasteiger partial charge in [-0.2, -0.15) is 0 Å². The summed E-state index contributed by atoms with van der Waals surface area (Å²) in [6.07, 6.45) is 0. The quantitative estimate of drug-likeness (QED) is 0.562. The first-order valence-corrected chi connectivity index (χ1v) is 0. The third-order valence-corrected chi connectivity index (χ3v) is 0. The first-order chi connectivity index (χ1) is 0. The molecule has 3 nitrogen and oxygen atoms in total. The number of nitrogens with zero attached hydrogens (tertiary/aromatic N) is 3. The van der Waals surface area contributed by atoms with E-state index < -0.39 is 0 Å². The molecule has 0 saturated carbocycles. The van der Waals surface area contributed by atoms with Gasteiger partial charge < -0.3 is 18.5 Å². The van der Waals surface area contributed by atoms with Crippen molar-refractivity contribution in [3.8, 4) is 0 Å². The van der Waals surface area contributed by atoms with Crippen molar-refractivity contribution in [2.24, 2.45) is 0 Å². The van der Waals surface area contributed by atoms with Gasteiger partial charge in [0.15, 0.2) is 0 Å². The molecule has 5 heteroatoms. The molecule has 0 unspecified atom stereocenters. The van der Waals surface area contributed by atoms with E-state index in [4.69, 9.17) is 0 Å². The van der Waals surface area contributed by atoms with Crippen LogP contribution in [0.15, 0.2) is 0 Å². The van der Waals surface area contributed by atoms with Crippen LogP contribution in [0.25, 0.3) is 18.5 Å². The SMILES string of the molecule is [Ir+4].[N-3].[N-3].[N-3].[Ta+5]. The third-order valence-electron chi connectivity index (χ3n) is 0. The molecule has 5 heavy (non-hydrogen) atoms. The summed E-state index contributed by atoms with van der Waals surface area (Å²) < 4.78 is 0. The summed E-state index contributed by atoms with van der Waals surface area (Å²) in [5.74, 6) is 0. The van der Waals surface area contributed by atoms with E-state index in [1.807, 2.05) is 0 Å². The minimum Gasteiger partial charge on any atom is -3.00 e. The topological polar surface area (TPSA) is 91.5 Å². The van der Waals surface area contributed by atoms with Gasteiger partial charge in [-0.25, -0.2) is 0 Å². The molecule has 0 amide bonds. The zero-order valence-electron chi connectivity index (χ0n) is 2.12. The minimum absolute atomic E-state index is 0. The van der Waals surface area contributed by atoms with Crippen LogP contribution in [0.1, 0.15) is 0 Å². The van der Waals surface area contributed by atoms with Crippen molar-refractivity contribution >= 4 is 0 Å². The molecule has 0 aromatic heterocycles. The van der Waals surface area contributed by atoms with Gasteiger partial charge in [-0.05, 0) is 0 Å². The summed E-state index contributed by atoms with van der Waals surface area (Å²) in [7, 11) is 0. The second-order valence-corrected chi connectivity index (χ2v) is 0. The standard InChI is InChI=1S/Ir.3N.Ta/q+4;3*-3;+5. The molecule has 0 rings (SSSR count). The number of hydrogen-bond donors (Lipinski definition) is 0. The summed E-state index contributed by atoms with van der Waals surface area (Å²) in [6.45, 7) is 0. The molecule has 0 aliphatic carbocycles. The Morgan fingerprint density at radius 1 is 0.600 bits per heavy atom. The summed E-state index contributed by atoms with van der Waals surface area (Å²) in [6, 6.07) is 0.